The molecule has 0 N–H and O–H groups in total. The van der Waals surface area contributed by atoms with Gasteiger partial charge in [0.1, 0.15) is 0 Å². The molecule has 0 aromatic rings. The molecule has 0 aromatic carbocycles. The van der Waals surface area contributed by atoms with Crippen LogP contribution in [0.4, 0.5) is 0 Å². The summed E-state index contributed by atoms with van der Waals surface area (Å²) in [6.45, 7) is 4.59. The maximum absolute atomic E-state index is 2.45. The molecule has 1 aliphatic rings. The first-order valence-corrected chi connectivity index (χ1v) is 6.16. The minimum absolute atomic E-state index is 0.876. The van der Waals surface area contributed by atoms with E-state index in [0.717, 1.165) is 5.92 Å². The van der Waals surface area contributed by atoms with Crippen LogP contribution in [-0.2, 0) is 0 Å². The minimum atomic E-state index is 0.876. The van der Waals surface area contributed by atoms with Gasteiger partial charge in [0.05, 0.1) is 0 Å². The third-order valence-electron chi connectivity index (χ3n) is 2.39. The number of thioether (sulfide) groups is 1. The Kier molecular flexibility index (Phi) is 4.82. The Morgan fingerprint density at radius 3 is 2.75 bits per heavy atom. The van der Waals surface area contributed by atoms with Gasteiger partial charge in [-0.15, -0.1) is 11.8 Å². The molecule has 1 fully saturated rings. The van der Waals surface area contributed by atoms with E-state index in [-0.39, 0.29) is 0 Å². The maximum atomic E-state index is 2.45. The van der Waals surface area contributed by atoms with Crippen LogP contribution in [0.1, 0.15) is 46.0 Å². The average Bonchev–Trinajstić information content (AvgIpc) is 2.08. The summed E-state index contributed by atoms with van der Waals surface area (Å²) in [5.74, 6) is 2.22. The van der Waals surface area contributed by atoms with Crippen LogP contribution in [0.2, 0.25) is 0 Å². The molecule has 0 aromatic heterocycles. The van der Waals surface area contributed by atoms with Crippen LogP contribution in [0.15, 0.2) is 11.0 Å². The van der Waals surface area contributed by atoms with E-state index < -0.39 is 0 Å². The SMILES string of the molecule is CCCCCC/C=C1\SCC1C. The van der Waals surface area contributed by atoms with Crippen LogP contribution in [0.3, 0.4) is 0 Å². The predicted molar refractivity (Wildman–Crippen MR) is 58.5 cm³/mol. The van der Waals surface area contributed by atoms with E-state index in [4.69, 9.17) is 0 Å². The molecule has 1 rings (SSSR count). The molecule has 1 unspecified atom stereocenters. The van der Waals surface area contributed by atoms with E-state index in [1.807, 2.05) is 11.8 Å². The molecule has 1 atom stereocenters. The molecule has 0 spiro atoms. The van der Waals surface area contributed by atoms with Gasteiger partial charge in [0, 0.05) is 5.75 Å². The van der Waals surface area contributed by atoms with E-state index in [1.165, 1.54) is 37.9 Å². The second kappa shape index (κ2) is 5.69. The molecule has 0 aliphatic carbocycles. The lowest BCUT2D eigenvalue weighted by Crippen LogP contribution is -2.10. The fraction of sp³-hybridized carbons (Fsp3) is 0.818. The van der Waals surface area contributed by atoms with Gasteiger partial charge >= 0.3 is 0 Å². The summed E-state index contributed by atoms with van der Waals surface area (Å²) < 4.78 is 0. The third kappa shape index (κ3) is 3.22. The van der Waals surface area contributed by atoms with Gasteiger partial charge in [0.2, 0.25) is 0 Å². The van der Waals surface area contributed by atoms with Crippen LogP contribution < -0.4 is 0 Å². The molecule has 0 nitrogen and oxygen atoms in total. The van der Waals surface area contributed by atoms with Gasteiger partial charge in [-0.3, -0.25) is 0 Å². The number of hydrogen-bond acceptors (Lipinski definition) is 1. The Labute approximate surface area is 80.8 Å². The summed E-state index contributed by atoms with van der Waals surface area (Å²) in [7, 11) is 0. The fourth-order valence-corrected chi connectivity index (χ4v) is 2.35. The Balaban J connectivity index is 1.97. The Morgan fingerprint density at radius 1 is 1.42 bits per heavy atom. The summed E-state index contributed by atoms with van der Waals surface area (Å²) in [4.78, 5) is 1.64. The topological polar surface area (TPSA) is 0 Å². The summed E-state index contributed by atoms with van der Waals surface area (Å²) in [6, 6.07) is 0. The quantitative estimate of drug-likeness (QED) is 0.576. The van der Waals surface area contributed by atoms with Crippen LogP contribution >= 0.6 is 11.8 Å². The zero-order valence-corrected chi connectivity index (χ0v) is 9.12. The second-order valence-electron chi connectivity index (χ2n) is 3.67. The minimum Gasteiger partial charge on any atom is -0.130 e. The van der Waals surface area contributed by atoms with Crippen molar-refractivity contribution >= 4 is 11.8 Å². The lowest BCUT2D eigenvalue weighted by atomic mass is 10.1. The fourth-order valence-electron chi connectivity index (χ4n) is 1.42. The van der Waals surface area contributed by atoms with Crippen molar-refractivity contribution in [3.63, 3.8) is 0 Å². The van der Waals surface area contributed by atoms with Gasteiger partial charge in [-0.1, -0.05) is 39.2 Å². The lowest BCUT2D eigenvalue weighted by molar-refractivity contribution is 0.670. The van der Waals surface area contributed by atoms with Gasteiger partial charge in [0.15, 0.2) is 0 Å². The molecule has 12 heavy (non-hydrogen) atoms. The third-order valence-corrected chi connectivity index (χ3v) is 3.96. The van der Waals surface area contributed by atoms with Crippen LogP contribution in [0, 0.1) is 5.92 Å². The first-order valence-electron chi connectivity index (χ1n) is 5.17. The number of allylic oxidation sites excluding steroid dienone is 2. The summed E-state index contributed by atoms with van der Waals surface area (Å²) >= 11 is 2.04. The van der Waals surface area contributed by atoms with Crippen molar-refractivity contribution < 1.29 is 0 Å². The standard InChI is InChI=1S/C11H20S/c1-3-4-5-6-7-8-11-10(2)9-12-11/h8,10H,3-7,9H2,1-2H3/b11-8-. The molecule has 1 saturated heterocycles. The summed E-state index contributed by atoms with van der Waals surface area (Å²) in [6.07, 6.45) is 9.33. The van der Waals surface area contributed by atoms with Crippen molar-refractivity contribution in [2.24, 2.45) is 5.92 Å². The summed E-state index contributed by atoms with van der Waals surface area (Å²) in [5.41, 5.74) is 0. The van der Waals surface area contributed by atoms with Gasteiger partial charge in [-0.05, 0) is 23.7 Å². The Bertz CT molecular complexity index is 149. The van der Waals surface area contributed by atoms with E-state index in [9.17, 15) is 0 Å². The van der Waals surface area contributed by atoms with Crippen molar-refractivity contribution in [1.29, 1.82) is 0 Å². The van der Waals surface area contributed by atoms with Crippen molar-refractivity contribution in [1.82, 2.24) is 0 Å². The average molecular weight is 184 g/mol. The van der Waals surface area contributed by atoms with Crippen molar-refractivity contribution in [2.45, 2.75) is 46.0 Å². The van der Waals surface area contributed by atoms with Gasteiger partial charge in [-0.25, -0.2) is 0 Å². The summed E-state index contributed by atoms with van der Waals surface area (Å²) in [5, 5.41) is 0. The highest BCUT2D eigenvalue weighted by atomic mass is 32.2. The highest BCUT2D eigenvalue weighted by Gasteiger charge is 2.18. The second-order valence-corrected chi connectivity index (χ2v) is 4.76. The molecule has 0 radical (unpaired) electrons. The van der Waals surface area contributed by atoms with Crippen LogP contribution in [0.5, 0.6) is 0 Å². The molecule has 1 heterocycles. The van der Waals surface area contributed by atoms with Gasteiger partial charge in [0.25, 0.3) is 0 Å². The molecular formula is C11H20S. The molecule has 0 bridgehead atoms. The molecule has 70 valence electrons. The van der Waals surface area contributed by atoms with Crippen LogP contribution in [-0.4, -0.2) is 5.75 Å². The zero-order valence-electron chi connectivity index (χ0n) is 8.31. The van der Waals surface area contributed by atoms with Gasteiger partial charge < -0.3 is 0 Å². The molecular weight excluding hydrogens is 164 g/mol. The van der Waals surface area contributed by atoms with Gasteiger partial charge in [-0.2, -0.15) is 0 Å². The highest BCUT2D eigenvalue weighted by Crippen LogP contribution is 2.38. The van der Waals surface area contributed by atoms with Crippen LogP contribution in [0.25, 0.3) is 0 Å². The van der Waals surface area contributed by atoms with Crippen molar-refractivity contribution in [2.75, 3.05) is 5.75 Å². The van der Waals surface area contributed by atoms with E-state index in [0.29, 0.717) is 0 Å². The zero-order chi connectivity index (χ0) is 8.81. The number of rotatable bonds is 5. The Hall–Kier alpha value is 0.0900. The van der Waals surface area contributed by atoms with E-state index in [1.54, 1.807) is 4.91 Å². The monoisotopic (exact) mass is 184 g/mol. The van der Waals surface area contributed by atoms with E-state index >= 15 is 0 Å². The van der Waals surface area contributed by atoms with Crippen molar-refractivity contribution in [3.8, 4) is 0 Å². The molecule has 1 aliphatic heterocycles. The maximum Gasteiger partial charge on any atom is 0.00480 e. The number of unbranched alkanes of at least 4 members (excludes halogenated alkanes) is 4. The normalized spacial score (nSPS) is 25.8. The predicted octanol–water partition coefficient (Wildman–Crippen LogP) is 4.22. The smallest absolute Gasteiger partial charge is 0.00480 e. The van der Waals surface area contributed by atoms with Crippen molar-refractivity contribution in [3.05, 3.63) is 11.0 Å². The largest absolute Gasteiger partial charge is 0.130 e. The number of hydrogen-bond donors (Lipinski definition) is 0. The first kappa shape index (κ1) is 10.2. The Morgan fingerprint density at radius 2 is 2.25 bits per heavy atom. The lowest BCUT2D eigenvalue weighted by Gasteiger charge is -2.25. The molecule has 1 heteroatoms. The van der Waals surface area contributed by atoms with E-state index in [2.05, 4.69) is 19.9 Å². The molecule has 0 saturated carbocycles. The molecule has 0 amide bonds. The first-order chi connectivity index (χ1) is 5.84. The highest BCUT2D eigenvalue weighted by molar-refractivity contribution is 8.04.